The highest BCUT2D eigenvalue weighted by atomic mass is 16.5. The second kappa shape index (κ2) is 14.1. The van der Waals surface area contributed by atoms with Gasteiger partial charge in [0.25, 0.3) is 0 Å². The lowest BCUT2D eigenvalue weighted by Crippen LogP contribution is -2.57. The van der Waals surface area contributed by atoms with E-state index >= 15 is 0 Å². The molecule has 0 radical (unpaired) electrons. The van der Waals surface area contributed by atoms with Crippen molar-refractivity contribution in [2.45, 2.75) is 56.9 Å². The van der Waals surface area contributed by atoms with Crippen LogP contribution in [0.4, 0.5) is 4.79 Å². The van der Waals surface area contributed by atoms with Crippen molar-refractivity contribution >= 4 is 23.9 Å². The molecule has 0 saturated heterocycles. The van der Waals surface area contributed by atoms with Crippen molar-refractivity contribution in [1.82, 2.24) is 10.6 Å². The zero-order chi connectivity index (χ0) is 28.3. The van der Waals surface area contributed by atoms with Crippen molar-refractivity contribution in [1.29, 1.82) is 0 Å². The number of carboxylic acid groups (broad SMARTS) is 2. The summed E-state index contributed by atoms with van der Waals surface area (Å²) >= 11 is 0. The van der Waals surface area contributed by atoms with Crippen molar-refractivity contribution in [3.63, 3.8) is 0 Å². The minimum Gasteiger partial charge on any atom is -0.481 e. The Balaban J connectivity index is 1.76. The summed E-state index contributed by atoms with van der Waals surface area (Å²) < 4.78 is 11.1. The molecule has 0 heterocycles. The molecule has 0 saturated carbocycles. The first kappa shape index (κ1) is 29.4. The Labute approximate surface area is 227 Å². The highest BCUT2D eigenvalue weighted by molar-refractivity contribution is 5.93. The van der Waals surface area contributed by atoms with Crippen molar-refractivity contribution in [2.75, 3.05) is 6.61 Å². The van der Waals surface area contributed by atoms with Crippen LogP contribution in [0.1, 0.15) is 37.3 Å². The van der Waals surface area contributed by atoms with E-state index in [1.54, 1.807) is 60.7 Å². The smallest absolute Gasteiger partial charge is 0.408 e. The molecule has 3 rings (SSSR count). The number of amides is 2. The van der Waals surface area contributed by atoms with Crippen molar-refractivity contribution < 1.29 is 38.9 Å². The first-order valence-electron chi connectivity index (χ1n) is 12.7. The fourth-order valence-corrected chi connectivity index (χ4v) is 4.25. The highest BCUT2D eigenvalue weighted by Crippen LogP contribution is 2.27. The maximum absolute atomic E-state index is 13.4. The van der Waals surface area contributed by atoms with Crippen LogP contribution in [-0.2, 0) is 36.9 Å². The predicted octanol–water partition coefficient (Wildman–Crippen LogP) is 3.31. The summed E-state index contributed by atoms with van der Waals surface area (Å²) in [5.74, 6) is -5.07. The first-order valence-corrected chi connectivity index (χ1v) is 12.7. The van der Waals surface area contributed by atoms with Crippen LogP contribution in [0.3, 0.4) is 0 Å². The monoisotopic (exact) mass is 538 g/mol. The standard InChI is InChI=1S/C29H34N2O8/c1-29(15-9-4-10-16-29)39-19-23(27(35)36)30-25(32)24(22(26(33)34)17-20-11-5-2-6-12-20)31-28(37)38-18-21-13-7-3-8-14-21/h2-9,11-14,22-24H,10,15-19H2,1H3,(H,30,32)(H,31,37)(H,33,34)(H,35,36)/t22?,23-,24-,29?/m0/s1. The molecule has 208 valence electrons. The quantitative estimate of drug-likeness (QED) is 0.284. The van der Waals surface area contributed by atoms with E-state index < -0.39 is 47.5 Å². The lowest BCUT2D eigenvalue weighted by Gasteiger charge is -2.32. The predicted molar refractivity (Wildman–Crippen MR) is 142 cm³/mol. The number of hydrogen-bond acceptors (Lipinski definition) is 6. The fraction of sp³-hybridized carbons (Fsp3) is 0.379. The van der Waals surface area contributed by atoms with Gasteiger partial charge in [0.1, 0.15) is 12.6 Å². The maximum atomic E-state index is 13.4. The number of ether oxygens (including phenoxy) is 2. The molecule has 0 bridgehead atoms. The average Bonchev–Trinajstić information content (AvgIpc) is 2.93. The van der Waals surface area contributed by atoms with E-state index in [-0.39, 0.29) is 19.6 Å². The number of carboxylic acids is 2. The molecule has 2 aromatic carbocycles. The van der Waals surface area contributed by atoms with Gasteiger partial charge in [-0.1, -0.05) is 72.8 Å². The van der Waals surface area contributed by atoms with Crippen LogP contribution in [0.15, 0.2) is 72.8 Å². The second-order valence-electron chi connectivity index (χ2n) is 9.69. The lowest BCUT2D eigenvalue weighted by molar-refractivity contribution is -0.148. The number of carbonyl (C=O) groups excluding carboxylic acids is 2. The molecule has 0 aliphatic heterocycles. The third kappa shape index (κ3) is 9.26. The molecule has 2 unspecified atom stereocenters. The van der Waals surface area contributed by atoms with Gasteiger partial charge in [0.2, 0.25) is 5.91 Å². The lowest BCUT2D eigenvalue weighted by atomic mass is 9.91. The third-order valence-electron chi connectivity index (χ3n) is 6.56. The molecule has 10 nitrogen and oxygen atoms in total. The normalized spacial score (nSPS) is 18.8. The van der Waals surface area contributed by atoms with E-state index in [1.165, 1.54) is 0 Å². The molecule has 39 heavy (non-hydrogen) atoms. The Hall–Kier alpha value is -4.18. The van der Waals surface area contributed by atoms with E-state index in [4.69, 9.17) is 9.47 Å². The number of benzene rings is 2. The van der Waals surface area contributed by atoms with Crippen LogP contribution in [-0.4, -0.2) is 58.4 Å². The van der Waals surface area contributed by atoms with Gasteiger partial charge in [0.05, 0.1) is 18.1 Å². The summed E-state index contributed by atoms with van der Waals surface area (Å²) in [7, 11) is 0. The SMILES string of the molecule is CC1(OC[C@H](NC(=O)[C@@H](NC(=O)OCc2ccccc2)C(Cc2ccccc2)C(=O)O)C(=O)O)CC=CCC1. The minimum absolute atomic E-state index is 0.0914. The first-order chi connectivity index (χ1) is 18.7. The number of allylic oxidation sites excluding steroid dienone is 1. The van der Waals surface area contributed by atoms with E-state index in [9.17, 15) is 29.4 Å². The Kier molecular flexibility index (Phi) is 10.6. The molecule has 1 aliphatic rings. The van der Waals surface area contributed by atoms with Gasteiger partial charge >= 0.3 is 18.0 Å². The van der Waals surface area contributed by atoms with Crippen LogP contribution < -0.4 is 10.6 Å². The molecule has 4 atom stereocenters. The van der Waals surface area contributed by atoms with Crippen LogP contribution in [0.25, 0.3) is 0 Å². The molecule has 2 amide bonds. The van der Waals surface area contributed by atoms with Gasteiger partial charge in [0.15, 0.2) is 6.04 Å². The van der Waals surface area contributed by atoms with E-state index in [1.807, 2.05) is 19.1 Å². The van der Waals surface area contributed by atoms with Crippen LogP contribution in [0.5, 0.6) is 0 Å². The van der Waals surface area contributed by atoms with Gasteiger partial charge in [-0.3, -0.25) is 9.59 Å². The second-order valence-corrected chi connectivity index (χ2v) is 9.69. The molecule has 4 N–H and O–H groups in total. The van der Waals surface area contributed by atoms with E-state index in [0.717, 1.165) is 6.42 Å². The summed E-state index contributed by atoms with van der Waals surface area (Å²) in [5.41, 5.74) is 0.739. The van der Waals surface area contributed by atoms with E-state index in [2.05, 4.69) is 10.6 Å². The molecule has 0 aromatic heterocycles. The highest BCUT2D eigenvalue weighted by Gasteiger charge is 2.38. The Bertz CT molecular complexity index is 1150. The maximum Gasteiger partial charge on any atom is 0.408 e. The number of carbonyl (C=O) groups is 4. The van der Waals surface area contributed by atoms with E-state index in [0.29, 0.717) is 24.0 Å². The van der Waals surface area contributed by atoms with Gasteiger partial charge < -0.3 is 30.3 Å². The summed E-state index contributed by atoms with van der Waals surface area (Å²) in [6, 6.07) is 14.4. The Morgan fingerprint density at radius 3 is 2.10 bits per heavy atom. The summed E-state index contributed by atoms with van der Waals surface area (Å²) in [5, 5.41) is 24.5. The van der Waals surface area contributed by atoms with Crippen LogP contribution in [0, 0.1) is 5.92 Å². The van der Waals surface area contributed by atoms with Crippen molar-refractivity contribution in [2.24, 2.45) is 5.92 Å². The number of nitrogens with one attached hydrogen (secondary N) is 2. The number of rotatable bonds is 13. The molecular weight excluding hydrogens is 504 g/mol. The fourth-order valence-electron chi connectivity index (χ4n) is 4.25. The number of alkyl carbamates (subject to hydrolysis) is 1. The Morgan fingerprint density at radius 2 is 1.54 bits per heavy atom. The molecule has 2 aromatic rings. The van der Waals surface area contributed by atoms with Gasteiger partial charge in [-0.2, -0.15) is 0 Å². The third-order valence-corrected chi connectivity index (χ3v) is 6.56. The zero-order valence-electron chi connectivity index (χ0n) is 21.7. The molecule has 1 aliphatic carbocycles. The molecular formula is C29H34N2O8. The minimum atomic E-state index is -1.62. The zero-order valence-corrected chi connectivity index (χ0v) is 21.7. The Morgan fingerprint density at radius 1 is 0.897 bits per heavy atom. The van der Waals surface area contributed by atoms with Gasteiger partial charge in [-0.15, -0.1) is 0 Å². The number of aliphatic carboxylic acids is 2. The summed E-state index contributed by atoms with van der Waals surface area (Å²) in [6.07, 6.45) is 4.96. The van der Waals surface area contributed by atoms with Gasteiger partial charge in [-0.05, 0) is 43.7 Å². The summed E-state index contributed by atoms with van der Waals surface area (Å²) in [4.78, 5) is 50.3. The summed E-state index contributed by atoms with van der Waals surface area (Å²) in [6.45, 7) is 1.44. The molecule has 0 spiro atoms. The van der Waals surface area contributed by atoms with Crippen LogP contribution >= 0.6 is 0 Å². The van der Waals surface area contributed by atoms with Crippen molar-refractivity contribution in [3.05, 3.63) is 83.9 Å². The van der Waals surface area contributed by atoms with Gasteiger partial charge in [-0.25, -0.2) is 9.59 Å². The molecule has 0 fully saturated rings. The average molecular weight is 539 g/mol. The largest absolute Gasteiger partial charge is 0.481 e. The van der Waals surface area contributed by atoms with Gasteiger partial charge in [0, 0.05) is 0 Å². The number of hydrogen-bond donors (Lipinski definition) is 4. The molecule has 10 heteroatoms. The topological polar surface area (TPSA) is 151 Å². The van der Waals surface area contributed by atoms with Crippen molar-refractivity contribution in [3.8, 4) is 0 Å². The van der Waals surface area contributed by atoms with Crippen LogP contribution in [0.2, 0.25) is 0 Å².